The van der Waals surface area contributed by atoms with Crippen LogP contribution in [0.5, 0.6) is 0 Å². The van der Waals surface area contributed by atoms with E-state index in [-0.39, 0.29) is 16.9 Å². The third-order valence-corrected chi connectivity index (χ3v) is 3.10. The zero-order chi connectivity index (χ0) is 12.0. The van der Waals surface area contributed by atoms with E-state index < -0.39 is 0 Å². The van der Waals surface area contributed by atoms with E-state index in [0.29, 0.717) is 24.9 Å². The van der Waals surface area contributed by atoms with Gasteiger partial charge in [0.05, 0.1) is 18.6 Å². The van der Waals surface area contributed by atoms with Crippen LogP contribution < -0.4 is 5.73 Å². The molecule has 0 bridgehead atoms. The maximum Gasteiger partial charge on any atom is 0.236 e. The molecule has 1 fully saturated rings. The van der Waals surface area contributed by atoms with E-state index in [2.05, 4.69) is 30.9 Å². The fourth-order valence-electron chi connectivity index (χ4n) is 1.67. The molecule has 0 aromatic carbocycles. The predicted octanol–water partition coefficient (Wildman–Crippen LogP) is 0.982. The summed E-state index contributed by atoms with van der Waals surface area (Å²) in [5.74, 6) is 1.30. The van der Waals surface area contributed by atoms with Gasteiger partial charge in [-0.2, -0.15) is 4.98 Å². The van der Waals surface area contributed by atoms with Crippen LogP contribution >= 0.6 is 0 Å². The van der Waals surface area contributed by atoms with Crippen molar-refractivity contribution in [3.05, 3.63) is 11.7 Å². The highest BCUT2D eigenvalue weighted by molar-refractivity contribution is 5.13. The van der Waals surface area contributed by atoms with Gasteiger partial charge in [0.15, 0.2) is 5.82 Å². The van der Waals surface area contributed by atoms with Crippen LogP contribution in [0, 0.1) is 0 Å². The zero-order valence-corrected chi connectivity index (χ0v) is 10.3. The lowest BCUT2D eigenvalue weighted by molar-refractivity contribution is 0.169. The van der Waals surface area contributed by atoms with E-state index in [1.54, 1.807) is 0 Å². The minimum atomic E-state index is -0.351. The summed E-state index contributed by atoms with van der Waals surface area (Å²) >= 11 is 0. The van der Waals surface area contributed by atoms with Crippen LogP contribution in [0.4, 0.5) is 0 Å². The smallest absolute Gasteiger partial charge is 0.236 e. The topological polar surface area (TPSA) is 74.2 Å². The zero-order valence-electron chi connectivity index (χ0n) is 10.3. The molecule has 16 heavy (non-hydrogen) atoms. The molecule has 0 saturated carbocycles. The van der Waals surface area contributed by atoms with E-state index in [1.165, 1.54) is 0 Å². The standard InChI is InChI=1S/C11H19N3O2/c1-10(2,3)8-13-9(16-14-8)11(4)6-15-5-7(11)12/h7H,5-6,12H2,1-4H3. The third-order valence-electron chi connectivity index (χ3n) is 3.10. The SMILES string of the molecule is CC(C)(C)c1noc(C2(C)COCC2N)n1. The van der Waals surface area contributed by atoms with Gasteiger partial charge in [0.1, 0.15) is 0 Å². The Morgan fingerprint density at radius 3 is 2.56 bits per heavy atom. The molecule has 5 nitrogen and oxygen atoms in total. The fraction of sp³-hybridized carbons (Fsp3) is 0.818. The predicted molar refractivity (Wildman–Crippen MR) is 59.1 cm³/mol. The van der Waals surface area contributed by atoms with Crippen molar-refractivity contribution in [3.8, 4) is 0 Å². The summed E-state index contributed by atoms with van der Waals surface area (Å²) in [4.78, 5) is 4.45. The molecule has 1 saturated heterocycles. The van der Waals surface area contributed by atoms with Gasteiger partial charge in [-0.3, -0.25) is 0 Å². The Hall–Kier alpha value is -0.940. The van der Waals surface area contributed by atoms with Crippen molar-refractivity contribution < 1.29 is 9.26 Å². The van der Waals surface area contributed by atoms with Crippen LogP contribution in [0.1, 0.15) is 39.4 Å². The van der Waals surface area contributed by atoms with Gasteiger partial charge in [0.2, 0.25) is 5.89 Å². The normalized spacial score (nSPS) is 30.9. The summed E-state index contributed by atoms with van der Waals surface area (Å²) in [6.45, 7) is 9.24. The molecule has 1 aromatic rings. The summed E-state index contributed by atoms with van der Waals surface area (Å²) in [6, 6.07) is -0.0826. The molecule has 2 rings (SSSR count). The first-order valence-electron chi connectivity index (χ1n) is 5.52. The summed E-state index contributed by atoms with van der Waals surface area (Å²) < 4.78 is 10.7. The molecule has 5 heteroatoms. The Morgan fingerprint density at radius 2 is 2.12 bits per heavy atom. The summed E-state index contributed by atoms with van der Waals surface area (Å²) in [5.41, 5.74) is 5.55. The molecular weight excluding hydrogens is 206 g/mol. The van der Waals surface area contributed by atoms with Crippen molar-refractivity contribution in [1.29, 1.82) is 0 Å². The minimum Gasteiger partial charge on any atom is -0.379 e. The molecule has 90 valence electrons. The Labute approximate surface area is 95.3 Å². The van der Waals surface area contributed by atoms with Crippen LogP contribution in [0.15, 0.2) is 4.52 Å². The number of hydrogen-bond donors (Lipinski definition) is 1. The van der Waals surface area contributed by atoms with E-state index in [9.17, 15) is 0 Å². The van der Waals surface area contributed by atoms with E-state index in [4.69, 9.17) is 15.0 Å². The number of nitrogens with two attached hydrogens (primary N) is 1. The molecule has 0 aliphatic carbocycles. The maximum absolute atomic E-state index is 6.01. The van der Waals surface area contributed by atoms with Gasteiger partial charge in [-0.05, 0) is 6.92 Å². The van der Waals surface area contributed by atoms with Crippen molar-refractivity contribution in [3.63, 3.8) is 0 Å². The summed E-state index contributed by atoms with van der Waals surface area (Å²) in [5, 5.41) is 4.01. The van der Waals surface area contributed by atoms with Crippen LogP contribution in [0.2, 0.25) is 0 Å². The first kappa shape index (κ1) is 11.5. The quantitative estimate of drug-likeness (QED) is 0.771. The second-order valence-electron chi connectivity index (χ2n) is 5.71. The lowest BCUT2D eigenvalue weighted by Gasteiger charge is -2.21. The highest BCUT2D eigenvalue weighted by Crippen LogP contribution is 2.32. The van der Waals surface area contributed by atoms with Crippen molar-refractivity contribution in [2.75, 3.05) is 13.2 Å². The summed E-state index contributed by atoms with van der Waals surface area (Å²) in [7, 11) is 0. The second-order valence-corrected chi connectivity index (χ2v) is 5.71. The number of aromatic nitrogens is 2. The Bertz CT molecular complexity index is 383. The Kier molecular flexibility index (Phi) is 2.55. The van der Waals surface area contributed by atoms with Gasteiger partial charge in [0.25, 0.3) is 0 Å². The monoisotopic (exact) mass is 225 g/mol. The third kappa shape index (κ3) is 1.74. The lowest BCUT2D eigenvalue weighted by atomic mass is 9.85. The highest BCUT2D eigenvalue weighted by Gasteiger charge is 2.44. The van der Waals surface area contributed by atoms with Gasteiger partial charge in [0, 0.05) is 11.5 Å². The number of hydrogen-bond acceptors (Lipinski definition) is 5. The van der Waals surface area contributed by atoms with Crippen LogP contribution in [-0.4, -0.2) is 29.4 Å². The molecule has 2 unspecified atom stereocenters. The highest BCUT2D eigenvalue weighted by atomic mass is 16.5. The maximum atomic E-state index is 6.01. The molecule has 1 aliphatic heterocycles. The molecule has 0 amide bonds. The average molecular weight is 225 g/mol. The molecule has 2 heterocycles. The Balaban J connectivity index is 2.32. The fourth-order valence-corrected chi connectivity index (χ4v) is 1.67. The van der Waals surface area contributed by atoms with Crippen LogP contribution in [0.25, 0.3) is 0 Å². The van der Waals surface area contributed by atoms with Crippen molar-refractivity contribution in [1.82, 2.24) is 10.1 Å². The van der Waals surface area contributed by atoms with Gasteiger partial charge in [-0.1, -0.05) is 25.9 Å². The molecule has 0 radical (unpaired) electrons. The lowest BCUT2D eigenvalue weighted by Crippen LogP contribution is -2.42. The van der Waals surface area contributed by atoms with E-state index in [0.717, 1.165) is 0 Å². The number of ether oxygens (including phenoxy) is 1. The largest absolute Gasteiger partial charge is 0.379 e. The van der Waals surface area contributed by atoms with E-state index >= 15 is 0 Å². The summed E-state index contributed by atoms with van der Waals surface area (Å²) in [6.07, 6.45) is 0. The van der Waals surface area contributed by atoms with Crippen LogP contribution in [0.3, 0.4) is 0 Å². The first-order chi connectivity index (χ1) is 7.34. The number of rotatable bonds is 1. The Morgan fingerprint density at radius 1 is 1.44 bits per heavy atom. The second kappa shape index (κ2) is 3.53. The minimum absolute atomic E-state index is 0.0826. The molecule has 1 aromatic heterocycles. The van der Waals surface area contributed by atoms with Crippen molar-refractivity contribution in [2.45, 2.75) is 44.6 Å². The molecule has 0 spiro atoms. The molecular formula is C11H19N3O2. The molecule has 2 N–H and O–H groups in total. The number of nitrogens with zero attached hydrogens (tertiary/aromatic N) is 2. The van der Waals surface area contributed by atoms with Crippen molar-refractivity contribution in [2.24, 2.45) is 5.73 Å². The van der Waals surface area contributed by atoms with Gasteiger partial charge >= 0.3 is 0 Å². The van der Waals surface area contributed by atoms with Gasteiger partial charge in [-0.15, -0.1) is 0 Å². The van der Waals surface area contributed by atoms with Crippen LogP contribution in [-0.2, 0) is 15.6 Å². The molecule has 2 atom stereocenters. The van der Waals surface area contributed by atoms with Gasteiger partial charge in [-0.25, -0.2) is 0 Å². The van der Waals surface area contributed by atoms with Crippen molar-refractivity contribution >= 4 is 0 Å². The average Bonchev–Trinajstić information content (AvgIpc) is 2.74. The molecule has 1 aliphatic rings. The first-order valence-corrected chi connectivity index (χ1v) is 5.52. The van der Waals surface area contributed by atoms with Gasteiger partial charge < -0.3 is 15.0 Å². The van der Waals surface area contributed by atoms with E-state index in [1.807, 2.05) is 6.92 Å².